The Labute approximate surface area is 117 Å². The number of nitrogens with one attached hydrogen (secondary N) is 1. The molecule has 0 saturated heterocycles. The lowest BCUT2D eigenvalue weighted by molar-refractivity contribution is 0.409. The molecule has 1 N–H and O–H groups in total. The van der Waals surface area contributed by atoms with Gasteiger partial charge in [-0.2, -0.15) is 0 Å². The smallest absolute Gasteiger partial charge is 0.132 e. The lowest BCUT2D eigenvalue weighted by atomic mass is 10.0. The van der Waals surface area contributed by atoms with E-state index >= 15 is 0 Å². The zero-order valence-corrected chi connectivity index (χ0v) is 11.9. The maximum absolute atomic E-state index is 14.3. The first-order valence-corrected chi connectivity index (χ1v) is 6.58. The van der Waals surface area contributed by atoms with Gasteiger partial charge in [0.2, 0.25) is 0 Å². The van der Waals surface area contributed by atoms with Crippen LogP contribution in [0.2, 0.25) is 0 Å². The summed E-state index contributed by atoms with van der Waals surface area (Å²) in [7, 11) is 3.32. The first-order chi connectivity index (χ1) is 9.67. The van der Waals surface area contributed by atoms with Gasteiger partial charge in [-0.3, -0.25) is 4.68 Å². The minimum Gasteiger partial charge on any atom is -0.497 e. The van der Waals surface area contributed by atoms with Gasteiger partial charge >= 0.3 is 0 Å². The third-order valence-corrected chi connectivity index (χ3v) is 3.16. The zero-order chi connectivity index (χ0) is 14.5. The Kier molecular flexibility index (Phi) is 4.68. The molecule has 20 heavy (non-hydrogen) atoms. The van der Waals surface area contributed by atoms with Crippen molar-refractivity contribution < 1.29 is 9.13 Å². The standard InChI is InChI=1S/C14H19FN4O/c1-4-7-16-14(13-9-17-18-19(13)2)11-6-5-10(20-3)8-12(11)15/h5-6,8-9,14,16H,4,7H2,1-3H3. The van der Waals surface area contributed by atoms with E-state index < -0.39 is 0 Å². The van der Waals surface area contributed by atoms with E-state index in [9.17, 15) is 4.39 Å². The summed E-state index contributed by atoms with van der Waals surface area (Å²) in [6.07, 6.45) is 2.61. The number of rotatable bonds is 6. The lowest BCUT2D eigenvalue weighted by Crippen LogP contribution is -2.26. The van der Waals surface area contributed by atoms with Crippen molar-refractivity contribution in [2.24, 2.45) is 7.05 Å². The monoisotopic (exact) mass is 278 g/mol. The molecule has 0 radical (unpaired) electrons. The second-order valence-electron chi connectivity index (χ2n) is 4.56. The number of benzene rings is 1. The fourth-order valence-electron chi connectivity index (χ4n) is 2.09. The molecular weight excluding hydrogens is 259 g/mol. The highest BCUT2D eigenvalue weighted by molar-refractivity contribution is 5.34. The van der Waals surface area contributed by atoms with Crippen molar-refractivity contribution in [3.63, 3.8) is 0 Å². The largest absolute Gasteiger partial charge is 0.497 e. The minimum atomic E-state index is -0.306. The third kappa shape index (κ3) is 2.96. The van der Waals surface area contributed by atoms with Crippen molar-refractivity contribution in [1.29, 1.82) is 0 Å². The van der Waals surface area contributed by atoms with Crippen molar-refractivity contribution in [2.75, 3.05) is 13.7 Å². The number of hydrogen-bond donors (Lipinski definition) is 1. The third-order valence-electron chi connectivity index (χ3n) is 3.16. The lowest BCUT2D eigenvalue weighted by Gasteiger charge is -2.19. The van der Waals surface area contributed by atoms with Crippen LogP contribution >= 0.6 is 0 Å². The zero-order valence-electron chi connectivity index (χ0n) is 11.9. The average molecular weight is 278 g/mol. The minimum absolute atomic E-state index is 0.277. The van der Waals surface area contributed by atoms with Crippen molar-refractivity contribution >= 4 is 0 Å². The van der Waals surface area contributed by atoms with Crippen LogP contribution in [-0.2, 0) is 7.05 Å². The molecule has 1 aromatic carbocycles. The van der Waals surface area contributed by atoms with Gasteiger partial charge in [0, 0.05) is 18.7 Å². The van der Waals surface area contributed by atoms with E-state index in [-0.39, 0.29) is 11.9 Å². The van der Waals surface area contributed by atoms with Gasteiger partial charge in [-0.25, -0.2) is 4.39 Å². The van der Waals surface area contributed by atoms with Crippen molar-refractivity contribution in [2.45, 2.75) is 19.4 Å². The number of nitrogens with zero attached hydrogens (tertiary/aromatic N) is 3. The second-order valence-corrected chi connectivity index (χ2v) is 4.56. The molecule has 2 rings (SSSR count). The van der Waals surface area contributed by atoms with Crippen LogP contribution in [-0.4, -0.2) is 28.6 Å². The second kappa shape index (κ2) is 6.47. The van der Waals surface area contributed by atoms with Crippen molar-refractivity contribution in [1.82, 2.24) is 20.3 Å². The first-order valence-electron chi connectivity index (χ1n) is 6.58. The summed E-state index contributed by atoms with van der Waals surface area (Å²) in [4.78, 5) is 0. The molecule has 0 fully saturated rings. The molecule has 0 bridgehead atoms. The topological polar surface area (TPSA) is 52.0 Å². The number of ether oxygens (including phenoxy) is 1. The molecule has 0 saturated carbocycles. The number of aryl methyl sites for hydroxylation is 1. The van der Waals surface area contributed by atoms with E-state index in [0.717, 1.165) is 18.7 Å². The maximum Gasteiger partial charge on any atom is 0.132 e. The molecule has 1 aromatic heterocycles. The fourth-order valence-corrected chi connectivity index (χ4v) is 2.09. The van der Waals surface area contributed by atoms with Crippen molar-refractivity contribution in [3.05, 3.63) is 41.5 Å². The normalized spacial score (nSPS) is 12.4. The molecule has 2 aromatic rings. The summed E-state index contributed by atoms with van der Waals surface area (Å²) in [5.41, 5.74) is 1.38. The Hall–Kier alpha value is -1.95. The summed E-state index contributed by atoms with van der Waals surface area (Å²) >= 11 is 0. The van der Waals surface area contributed by atoms with Gasteiger partial charge in [0.25, 0.3) is 0 Å². The summed E-state index contributed by atoms with van der Waals surface area (Å²) < 4.78 is 21.0. The van der Waals surface area contributed by atoms with Crippen LogP contribution in [0.3, 0.4) is 0 Å². The fraction of sp³-hybridized carbons (Fsp3) is 0.429. The molecular formula is C14H19FN4O. The van der Waals surface area contributed by atoms with Gasteiger partial charge in [-0.1, -0.05) is 18.2 Å². The van der Waals surface area contributed by atoms with Gasteiger partial charge in [-0.15, -0.1) is 5.10 Å². The van der Waals surface area contributed by atoms with Crippen LogP contribution in [0.5, 0.6) is 5.75 Å². The summed E-state index contributed by atoms with van der Waals surface area (Å²) in [6.45, 7) is 2.84. The molecule has 0 amide bonds. The van der Waals surface area contributed by atoms with Crippen molar-refractivity contribution in [3.8, 4) is 5.75 Å². The first kappa shape index (κ1) is 14.5. The molecule has 1 heterocycles. The highest BCUT2D eigenvalue weighted by atomic mass is 19.1. The predicted octanol–water partition coefficient (Wildman–Crippen LogP) is 2.05. The summed E-state index contributed by atoms with van der Waals surface area (Å²) in [5, 5.41) is 11.1. The number of hydrogen-bond acceptors (Lipinski definition) is 4. The van der Waals surface area contributed by atoms with Crippen LogP contribution in [0, 0.1) is 5.82 Å². The predicted molar refractivity (Wildman–Crippen MR) is 74.1 cm³/mol. The summed E-state index contributed by atoms with van der Waals surface area (Å²) in [5.74, 6) is 0.197. The van der Waals surface area contributed by atoms with Crippen LogP contribution < -0.4 is 10.1 Å². The number of aromatic nitrogens is 3. The molecule has 0 spiro atoms. The van der Waals surface area contributed by atoms with Crippen LogP contribution in [0.4, 0.5) is 4.39 Å². The van der Waals surface area contributed by atoms with E-state index in [1.165, 1.54) is 13.2 Å². The quantitative estimate of drug-likeness (QED) is 0.878. The molecule has 108 valence electrons. The van der Waals surface area contributed by atoms with Gasteiger partial charge in [-0.05, 0) is 19.0 Å². The molecule has 5 nitrogen and oxygen atoms in total. The van der Waals surface area contributed by atoms with E-state index in [4.69, 9.17) is 4.74 Å². The Morgan fingerprint density at radius 3 is 2.80 bits per heavy atom. The van der Waals surface area contributed by atoms with E-state index in [1.54, 1.807) is 30.1 Å². The van der Waals surface area contributed by atoms with Crippen LogP contribution in [0.15, 0.2) is 24.4 Å². The summed E-state index contributed by atoms with van der Waals surface area (Å²) in [6, 6.07) is 4.60. The number of halogens is 1. The van der Waals surface area contributed by atoms with Crippen LogP contribution in [0.25, 0.3) is 0 Å². The molecule has 1 atom stereocenters. The molecule has 6 heteroatoms. The molecule has 0 aliphatic rings. The SMILES string of the molecule is CCCNC(c1ccc(OC)cc1F)c1cnnn1C. The van der Waals surface area contributed by atoms with Gasteiger partial charge in [0.05, 0.1) is 25.0 Å². The van der Waals surface area contributed by atoms with Crippen LogP contribution in [0.1, 0.15) is 30.6 Å². The van der Waals surface area contributed by atoms with E-state index in [0.29, 0.717) is 11.3 Å². The molecule has 0 aliphatic heterocycles. The Bertz CT molecular complexity index is 570. The molecule has 0 aliphatic carbocycles. The van der Waals surface area contributed by atoms with Gasteiger partial charge in [0.15, 0.2) is 0 Å². The van der Waals surface area contributed by atoms with E-state index in [1.807, 2.05) is 0 Å². The average Bonchev–Trinajstić information content (AvgIpc) is 2.87. The Morgan fingerprint density at radius 1 is 1.45 bits per heavy atom. The highest BCUT2D eigenvalue weighted by Gasteiger charge is 2.21. The highest BCUT2D eigenvalue weighted by Crippen LogP contribution is 2.26. The van der Waals surface area contributed by atoms with Gasteiger partial charge in [0.1, 0.15) is 11.6 Å². The van der Waals surface area contributed by atoms with Gasteiger partial charge < -0.3 is 10.1 Å². The Balaban J connectivity index is 2.38. The molecule has 1 unspecified atom stereocenters. The van der Waals surface area contributed by atoms with E-state index in [2.05, 4.69) is 22.6 Å². The number of methoxy groups -OCH3 is 1. The maximum atomic E-state index is 14.3. The Morgan fingerprint density at radius 2 is 2.25 bits per heavy atom.